The number of carbonyl (C=O) groups is 2. The second-order valence-corrected chi connectivity index (χ2v) is 8.35. The molecule has 28 heavy (non-hydrogen) atoms. The molecular weight excluding hydrogens is 360 g/mol. The van der Waals surface area contributed by atoms with E-state index in [9.17, 15) is 14.7 Å². The lowest BCUT2D eigenvalue weighted by atomic mass is 9.72. The minimum atomic E-state index is -1.59. The summed E-state index contributed by atoms with van der Waals surface area (Å²) in [6.45, 7) is 9.14. The van der Waals surface area contributed by atoms with Gasteiger partial charge in [0.2, 0.25) is 0 Å². The fraction of sp³-hybridized carbons (Fsp3) is 0.636. The number of hydrogen-bond donors (Lipinski definition) is 1. The molecule has 1 N–H and O–H groups in total. The van der Waals surface area contributed by atoms with Crippen LogP contribution < -0.4 is 0 Å². The maximum atomic E-state index is 12.4. The van der Waals surface area contributed by atoms with Crippen molar-refractivity contribution in [1.82, 2.24) is 0 Å². The van der Waals surface area contributed by atoms with E-state index in [1.54, 1.807) is 0 Å². The van der Waals surface area contributed by atoms with Gasteiger partial charge in [0.05, 0.1) is 0 Å². The highest BCUT2D eigenvalue weighted by Gasteiger charge is 2.61. The van der Waals surface area contributed by atoms with Crippen LogP contribution >= 0.6 is 0 Å². The van der Waals surface area contributed by atoms with Crippen molar-refractivity contribution < 1.29 is 28.9 Å². The molecule has 0 amide bonds. The number of fused-ring (bicyclic) bond motifs is 6. The van der Waals surface area contributed by atoms with E-state index in [4.69, 9.17) is 14.2 Å². The van der Waals surface area contributed by atoms with Gasteiger partial charge >= 0.3 is 11.9 Å². The number of allylic oxidation sites excluding steroid dienone is 3. The van der Waals surface area contributed by atoms with E-state index in [1.807, 2.05) is 6.92 Å². The lowest BCUT2D eigenvalue weighted by Gasteiger charge is -2.55. The molecule has 0 radical (unpaired) electrons. The van der Waals surface area contributed by atoms with Gasteiger partial charge in [0.1, 0.15) is 18.3 Å². The molecule has 0 saturated carbocycles. The van der Waals surface area contributed by atoms with Crippen LogP contribution in [0.3, 0.4) is 0 Å². The number of aliphatic hydroxyl groups is 1. The van der Waals surface area contributed by atoms with Crippen LogP contribution in [0.25, 0.3) is 0 Å². The van der Waals surface area contributed by atoms with Gasteiger partial charge in [-0.15, -0.1) is 0 Å². The molecule has 2 saturated heterocycles. The number of rotatable bonds is 2. The van der Waals surface area contributed by atoms with Crippen molar-refractivity contribution in [2.24, 2.45) is 5.92 Å². The minimum Gasteiger partial charge on any atom is -0.463 e. The summed E-state index contributed by atoms with van der Waals surface area (Å²) >= 11 is 0. The quantitative estimate of drug-likeness (QED) is 0.442. The molecule has 3 heterocycles. The molecule has 4 atom stereocenters. The molecular formula is C22H30O6. The van der Waals surface area contributed by atoms with Crippen molar-refractivity contribution in [1.29, 1.82) is 0 Å². The summed E-state index contributed by atoms with van der Waals surface area (Å²) in [5.74, 6) is -3.10. The van der Waals surface area contributed by atoms with Gasteiger partial charge in [-0.1, -0.05) is 29.9 Å². The molecule has 3 aliphatic rings. The molecule has 3 rings (SSSR count). The van der Waals surface area contributed by atoms with Crippen LogP contribution in [0.15, 0.2) is 35.5 Å². The highest BCUT2D eigenvalue weighted by atomic mass is 16.7. The first-order chi connectivity index (χ1) is 13.2. The Hall–Kier alpha value is -1.92. The fourth-order valence-electron chi connectivity index (χ4n) is 4.49. The summed E-state index contributed by atoms with van der Waals surface area (Å²) < 4.78 is 17.3. The van der Waals surface area contributed by atoms with E-state index < -0.39 is 35.3 Å². The lowest BCUT2D eigenvalue weighted by Crippen LogP contribution is -2.66. The molecule has 0 unspecified atom stereocenters. The van der Waals surface area contributed by atoms with E-state index in [0.29, 0.717) is 19.3 Å². The molecule has 0 aromatic rings. The Labute approximate surface area is 166 Å². The van der Waals surface area contributed by atoms with Crippen molar-refractivity contribution in [2.45, 2.75) is 76.8 Å². The molecule has 6 nitrogen and oxygen atoms in total. The zero-order valence-electron chi connectivity index (χ0n) is 17.0. The van der Waals surface area contributed by atoms with E-state index in [-0.39, 0.29) is 18.6 Å². The van der Waals surface area contributed by atoms with Crippen molar-refractivity contribution in [3.05, 3.63) is 35.5 Å². The lowest BCUT2D eigenvalue weighted by molar-refractivity contribution is -0.351. The van der Waals surface area contributed by atoms with Crippen LogP contribution in [0.1, 0.15) is 59.3 Å². The van der Waals surface area contributed by atoms with Gasteiger partial charge in [0, 0.05) is 24.8 Å². The van der Waals surface area contributed by atoms with Crippen molar-refractivity contribution >= 4 is 11.9 Å². The van der Waals surface area contributed by atoms with Gasteiger partial charge in [-0.3, -0.25) is 4.79 Å². The first kappa shape index (κ1) is 20.8. The van der Waals surface area contributed by atoms with Gasteiger partial charge in [-0.25, -0.2) is 4.79 Å². The summed E-state index contributed by atoms with van der Waals surface area (Å²) in [5, 5.41) is 11.6. The molecule has 2 fully saturated rings. The Balaban J connectivity index is 2.04. The SMILES string of the molecule is C=C1C(=O)O[C@H]2C[C@@H]1[C@@]1(O)C/C(C)=C/CC/C(C)=C/CC[C@]2(COC(C)=O)O1. The molecule has 6 heteroatoms. The predicted octanol–water partition coefficient (Wildman–Crippen LogP) is 3.35. The Morgan fingerprint density at radius 1 is 1.32 bits per heavy atom. The molecule has 0 aromatic carbocycles. The summed E-state index contributed by atoms with van der Waals surface area (Å²) in [5.41, 5.74) is 1.40. The number of hydrogen-bond acceptors (Lipinski definition) is 6. The monoisotopic (exact) mass is 390 g/mol. The summed E-state index contributed by atoms with van der Waals surface area (Å²) in [4.78, 5) is 24.0. The van der Waals surface area contributed by atoms with Crippen LogP contribution in [-0.2, 0) is 23.8 Å². The standard InChI is InChI=1S/C22H30O6/c1-14-7-5-8-15(2)12-22(25)18-11-19(27-20(24)16(18)3)21(28-22,10-6-9-14)13-26-17(4)23/h8-9,18-19,25H,3,5-7,10-13H2,1-2,4H3/b14-9+,15-8+/t18-,19-,21+,22+/m0/s1. The Kier molecular flexibility index (Phi) is 5.82. The second-order valence-electron chi connectivity index (χ2n) is 8.35. The summed E-state index contributed by atoms with van der Waals surface area (Å²) in [7, 11) is 0. The van der Waals surface area contributed by atoms with Crippen LogP contribution in [0.2, 0.25) is 0 Å². The maximum Gasteiger partial charge on any atom is 0.334 e. The minimum absolute atomic E-state index is 0.0720. The summed E-state index contributed by atoms with van der Waals surface area (Å²) in [6.07, 6.45) is 7.28. The largest absolute Gasteiger partial charge is 0.463 e. The van der Waals surface area contributed by atoms with Crippen molar-refractivity contribution in [3.8, 4) is 0 Å². The van der Waals surface area contributed by atoms with Crippen LogP contribution in [0.5, 0.6) is 0 Å². The molecule has 0 aliphatic carbocycles. The number of carbonyl (C=O) groups excluding carboxylic acids is 2. The molecule has 0 aromatic heterocycles. The fourth-order valence-corrected chi connectivity index (χ4v) is 4.49. The number of esters is 2. The van der Waals surface area contributed by atoms with E-state index in [2.05, 4.69) is 25.7 Å². The average Bonchev–Trinajstić information content (AvgIpc) is 2.60. The van der Waals surface area contributed by atoms with Gasteiger partial charge < -0.3 is 19.3 Å². The smallest absolute Gasteiger partial charge is 0.334 e. The van der Waals surface area contributed by atoms with E-state index in [1.165, 1.54) is 12.5 Å². The normalized spacial score (nSPS) is 40.0. The zero-order valence-corrected chi connectivity index (χ0v) is 17.0. The van der Waals surface area contributed by atoms with Crippen molar-refractivity contribution in [2.75, 3.05) is 6.61 Å². The van der Waals surface area contributed by atoms with Crippen LogP contribution in [-0.4, -0.2) is 41.1 Å². The maximum absolute atomic E-state index is 12.4. The third-order valence-corrected chi connectivity index (χ3v) is 6.04. The molecule has 3 aliphatic heterocycles. The first-order valence-electron chi connectivity index (χ1n) is 9.92. The first-order valence-corrected chi connectivity index (χ1v) is 9.92. The van der Waals surface area contributed by atoms with Crippen LogP contribution in [0, 0.1) is 5.92 Å². The molecule has 0 spiro atoms. The average molecular weight is 390 g/mol. The summed E-state index contributed by atoms with van der Waals surface area (Å²) in [6, 6.07) is 0. The third-order valence-electron chi connectivity index (χ3n) is 6.04. The van der Waals surface area contributed by atoms with E-state index in [0.717, 1.165) is 18.4 Å². The van der Waals surface area contributed by atoms with Gasteiger partial charge in [0.25, 0.3) is 0 Å². The van der Waals surface area contributed by atoms with Gasteiger partial charge in [0.15, 0.2) is 5.79 Å². The highest BCUT2D eigenvalue weighted by molar-refractivity contribution is 5.89. The predicted molar refractivity (Wildman–Crippen MR) is 103 cm³/mol. The van der Waals surface area contributed by atoms with Gasteiger partial charge in [-0.05, 0) is 46.0 Å². The Morgan fingerprint density at radius 2 is 2.04 bits per heavy atom. The second kappa shape index (κ2) is 7.84. The third kappa shape index (κ3) is 4.08. The van der Waals surface area contributed by atoms with Crippen molar-refractivity contribution in [3.63, 3.8) is 0 Å². The molecule has 154 valence electrons. The molecule has 4 bridgehead atoms. The topological polar surface area (TPSA) is 82.1 Å². The van der Waals surface area contributed by atoms with Gasteiger partial charge in [-0.2, -0.15) is 0 Å². The number of ether oxygens (including phenoxy) is 3. The van der Waals surface area contributed by atoms with Crippen LogP contribution in [0.4, 0.5) is 0 Å². The zero-order chi connectivity index (χ0) is 20.5. The Bertz CT molecular complexity index is 735. The Morgan fingerprint density at radius 3 is 2.75 bits per heavy atom. The highest BCUT2D eigenvalue weighted by Crippen LogP contribution is 2.50. The van der Waals surface area contributed by atoms with E-state index >= 15 is 0 Å².